The Morgan fingerprint density at radius 3 is 2.62 bits per heavy atom. The Morgan fingerprint density at radius 1 is 1.29 bits per heavy atom. The summed E-state index contributed by atoms with van der Waals surface area (Å²) in [5.74, 6) is 2.04. The summed E-state index contributed by atoms with van der Waals surface area (Å²) in [5, 5.41) is 18.4. The van der Waals surface area contributed by atoms with E-state index in [0.29, 0.717) is 6.04 Å². The van der Waals surface area contributed by atoms with Crippen LogP contribution in [0.1, 0.15) is 64.0 Å². The van der Waals surface area contributed by atoms with Crippen molar-refractivity contribution in [3.63, 3.8) is 0 Å². The SMILES string of the molecule is CCCn1c(C)nnc1CN(CC(C)O)C1CCCCC1. The maximum absolute atomic E-state index is 9.82. The highest BCUT2D eigenvalue weighted by Gasteiger charge is 2.24. The van der Waals surface area contributed by atoms with Gasteiger partial charge in [-0.05, 0) is 33.1 Å². The van der Waals surface area contributed by atoms with Crippen LogP contribution in [-0.4, -0.2) is 43.5 Å². The van der Waals surface area contributed by atoms with Gasteiger partial charge in [0.25, 0.3) is 0 Å². The van der Waals surface area contributed by atoms with Crippen molar-refractivity contribution in [2.24, 2.45) is 0 Å². The molecule has 120 valence electrons. The van der Waals surface area contributed by atoms with Gasteiger partial charge in [0, 0.05) is 19.1 Å². The van der Waals surface area contributed by atoms with Crippen LogP contribution >= 0.6 is 0 Å². The molecule has 0 amide bonds. The van der Waals surface area contributed by atoms with Gasteiger partial charge in [-0.2, -0.15) is 0 Å². The van der Waals surface area contributed by atoms with Crippen LogP contribution in [0.5, 0.6) is 0 Å². The molecule has 1 heterocycles. The number of hydrogen-bond acceptors (Lipinski definition) is 4. The van der Waals surface area contributed by atoms with E-state index in [2.05, 4.69) is 26.6 Å². The Balaban J connectivity index is 2.10. The molecule has 1 saturated carbocycles. The van der Waals surface area contributed by atoms with Gasteiger partial charge in [0.15, 0.2) is 0 Å². The molecule has 21 heavy (non-hydrogen) atoms. The molecule has 0 aliphatic heterocycles. The molecule has 0 saturated heterocycles. The molecular weight excluding hydrogens is 264 g/mol. The van der Waals surface area contributed by atoms with Crippen molar-refractivity contribution in [2.75, 3.05) is 6.54 Å². The van der Waals surface area contributed by atoms with E-state index in [0.717, 1.165) is 37.7 Å². The van der Waals surface area contributed by atoms with Crippen molar-refractivity contribution in [1.82, 2.24) is 19.7 Å². The van der Waals surface area contributed by atoms with Crippen LogP contribution in [0.15, 0.2) is 0 Å². The summed E-state index contributed by atoms with van der Waals surface area (Å²) in [7, 11) is 0. The Labute approximate surface area is 128 Å². The summed E-state index contributed by atoms with van der Waals surface area (Å²) in [6.45, 7) is 8.57. The Kier molecular flexibility index (Phi) is 6.18. The van der Waals surface area contributed by atoms with Gasteiger partial charge in [-0.15, -0.1) is 10.2 Å². The highest BCUT2D eigenvalue weighted by Crippen LogP contribution is 2.24. The van der Waals surface area contributed by atoms with E-state index in [-0.39, 0.29) is 6.10 Å². The maximum atomic E-state index is 9.82. The number of aliphatic hydroxyl groups excluding tert-OH is 1. The van der Waals surface area contributed by atoms with Crippen LogP contribution in [0.2, 0.25) is 0 Å². The van der Waals surface area contributed by atoms with Crippen LogP contribution in [0.3, 0.4) is 0 Å². The fraction of sp³-hybridized carbons (Fsp3) is 0.875. The molecule has 0 bridgehead atoms. The van der Waals surface area contributed by atoms with E-state index in [1.165, 1.54) is 32.1 Å². The molecule has 5 heteroatoms. The summed E-state index contributed by atoms with van der Waals surface area (Å²) < 4.78 is 2.22. The lowest BCUT2D eigenvalue weighted by atomic mass is 9.94. The highest BCUT2D eigenvalue weighted by molar-refractivity contribution is 4.95. The largest absolute Gasteiger partial charge is 0.392 e. The fourth-order valence-corrected chi connectivity index (χ4v) is 3.37. The third kappa shape index (κ3) is 4.51. The third-order valence-electron chi connectivity index (χ3n) is 4.39. The average Bonchev–Trinajstić information content (AvgIpc) is 2.80. The molecule has 0 radical (unpaired) electrons. The van der Waals surface area contributed by atoms with Crippen molar-refractivity contribution < 1.29 is 5.11 Å². The van der Waals surface area contributed by atoms with Crippen molar-refractivity contribution >= 4 is 0 Å². The van der Waals surface area contributed by atoms with Crippen molar-refractivity contribution in [1.29, 1.82) is 0 Å². The first-order chi connectivity index (χ1) is 10.1. The van der Waals surface area contributed by atoms with Crippen molar-refractivity contribution in [3.05, 3.63) is 11.6 Å². The summed E-state index contributed by atoms with van der Waals surface area (Å²) in [6, 6.07) is 0.584. The van der Waals surface area contributed by atoms with Crippen LogP contribution in [0, 0.1) is 6.92 Å². The molecule has 5 nitrogen and oxygen atoms in total. The van der Waals surface area contributed by atoms with Crippen molar-refractivity contribution in [3.8, 4) is 0 Å². The molecule has 1 aliphatic rings. The van der Waals surface area contributed by atoms with Gasteiger partial charge >= 0.3 is 0 Å². The lowest BCUT2D eigenvalue weighted by Crippen LogP contribution is -2.41. The van der Waals surface area contributed by atoms with Crippen LogP contribution in [0.25, 0.3) is 0 Å². The third-order valence-corrected chi connectivity index (χ3v) is 4.39. The standard InChI is InChI=1S/C16H30N4O/c1-4-10-20-14(3)17-18-16(20)12-19(11-13(2)21)15-8-6-5-7-9-15/h13,15,21H,4-12H2,1-3H3. The fourth-order valence-electron chi connectivity index (χ4n) is 3.37. The minimum atomic E-state index is -0.296. The van der Waals surface area contributed by atoms with Crippen LogP contribution < -0.4 is 0 Å². The molecule has 2 rings (SSSR count). The first-order valence-electron chi connectivity index (χ1n) is 8.42. The van der Waals surface area contributed by atoms with E-state index in [9.17, 15) is 5.11 Å². The van der Waals surface area contributed by atoms with Crippen LogP contribution in [0.4, 0.5) is 0 Å². The monoisotopic (exact) mass is 294 g/mol. The molecule has 0 aromatic carbocycles. The molecule has 1 aliphatic carbocycles. The normalized spacial score (nSPS) is 18.3. The molecular formula is C16H30N4O. The van der Waals surface area contributed by atoms with E-state index in [1.54, 1.807) is 0 Å². The second-order valence-corrected chi connectivity index (χ2v) is 6.39. The highest BCUT2D eigenvalue weighted by atomic mass is 16.3. The quantitative estimate of drug-likeness (QED) is 0.839. The van der Waals surface area contributed by atoms with Crippen LogP contribution in [-0.2, 0) is 13.1 Å². The number of hydrogen-bond donors (Lipinski definition) is 1. The Morgan fingerprint density at radius 2 is 2.00 bits per heavy atom. The molecule has 1 N–H and O–H groups in total. The molecule has 1 atom stereocenters. The predicted octanol–water partition coefficient (Wildman–Crippen LogP) is 2.51. The summed E-state index contributed by atoms with van der Waals surface area (Å²) >= 11 is 0. The molecule has 1 aromatic rings. The molecule has 0 spiro atoms. The van der Waals surface area contributed by atoms with E-state index in [1.807, 2.05) is 13.8 Å². The lowest BCUT2D eigenvalue weighted by Gasteiger charge is -2.34. The van der Waals surface area contributed by atoms with E-state index < -0.39 is 0 Å². The number of rotatable bonds is 7. The Hall–Kier alpha value is -0.940. The zero-order valence-corrected chi connectivity index (χ0v) is 13.8. The second-order valence-electron chi connectivity index (χ2n) is 6.39. The minimum absolute atomic E-state index is 0.296. The van der Waals surface area contributed by atoms with Crippen molar-refractivity contribution in [2.45, 2.75) is 84.5 Å². The van der Waals surface area contributed by atoms with Gasteiger partial charge in [-0.1, -0.05) is 26.2 Å². The summed E-state index contributed by atoms with van der Waals surface area (Å²) in [5.41, 5.74) is 0. The molecule has 1 fully saturated rings. The minimum Gasteiger partial charge on any atom is -0.392 e. The maximum Gasteiger partial charge on any atom is 0.147 e. The number of nitrogens with zero attached hydrogens (tertiary/aromatic N) is 4. The van der Waals surface area contributed by atoms with Gasteiger partial charge in [0.2, 0.25) is 0 Å². The van der Waals surface area contributed by atoms with E-state index in [4.69, 9.17) is 0 Å². The number of aliphatic hydroxyl groups is 1. The number of aromatic nitrogens is 3. The second kappa shape index (κ2) is 7.90. The van der Waals surface area contributed by atoms with Gasteiger partial charge in [-0.3, -0.25) is 4.90 Å². The van der Waals surface area contributed by atoms with Gasteiger partial charge in [-0.25, -0.2) is 0 Å². The van der Waals surface area contributed by atoms with Gasteiger partial charge in [0.05, 0.1) is 12.6 Å². The summed E-state index contributed by atoms with van der Waals surface area (Å²) in [6.07, 6.45) is 7.25. The zero-order chi connectivity index (χ0) is 15.2. The Bertz CT molecular complexity index is 424. The van der Waals surface area contributed by atoms with Gasteiger partial charge in [0.1, 0.15) is 11.6 Å². The predicted molar refractivity (Wildman–Crippen MR) is 84.0 cm³/mol. The number of aryl methyl sites for hydroxylation is 1. The molecule has 1 aromatic heterocycles. The topological polar surface area (TPSA) is 54.2 Å². The zero-order valence-electron chi connectivity index (χ0n) is 13.8. The average molecular weight is 294 g/mol. The van der Waals surface area contributed by atoms with Gasteiger partial charge < -0.3 is 9.67 Å². The first-order valence-corrected chi connectivity index (χ1v) is 8.42. The first kappa shape index (κ1) is 16.4. The van der Waals surface area contributed by atoms with E-state index >= 15 is 0 Å². The molecule has 1 unspecified atom stereocenters. The summed E-state index contributed by atoms with van der Waals surface area (Å²) in [4.78, 5) is 2.42. The lowest BCUT2D eigenvalue weighted by molar-refractivity contribution is 0.0740. The smallest absolute Gasteiger partial charge is 0.147 e.